The maximum absolute atomic E-state index is 12.8. The Balaban J connectivity index is 1.46. The van der Waals surface area contributed by atoms with Crippen LogP contribution in [-0.4, -0.2) is 41.6 Å². The number of carbonyl (C=O) groups excluding carboxylic acids is 1. The van der Waals surface area contributed by atoms with Crippen molar-refractivity contribution >= 4 is 21.8 Å². The molecule has 1 aromatic carbocycles. The number of halogens is 2. The van der Waals surface area contributed by atoms with E-state index in [-0.39, 0.29) is 24.4 Å². The number of ether oxygens (including phenoxy) is 2. The molecule has 1 aliphatic heterocycles. The first-order chi connectivity index (χ1) is 11.6. The van der Waals surface area contributed by atoms with Crippen LogP contribution in [0.2, 0.25) is 0 Å². The minimum Gasteiger partial charge on any atom is -0.484 e. The highest BCUT2D eigenvalue weighted by atomic mass is 79.9. The maximum Gasteiger partial charge on any atom is 0.260 e. The minimum absolute atomic E-state index is 0.0745. The Morgan fingerprint density at radius 3 is 2.79 bits per heavy atom. The Morgan fingerprint density at radius 1 is 1.29 bits per heavy atom. The lowest BCUT2D eigenvalue weighted by molar-refractivity contribution is -0.132. The Labute approximate surface area is 147 Å². The van der Waals surface area contributed by atoms with E-state index in [0.29, 0.717) is 24.7 Å². The zero-order valence-corrected chi connectivity index (χ0v) is 14.4. The summed E-state index contributed by atoms with van der Waals surface area (Å²) in [5.41, 5.74) is 0. The van der Waals surface area contributed by atoms with Crippen molar-refractivity contribution in [1.29, 1.82) is 0 Å². The maximum atomic E-state index is 12.8. The molecule has 0 N–H and O–H groups in total. The third kappa shape index (κ3) is 4.44. The molecule has 1 fully saturated rings. The summed E-state index contributed by atoms with van der Waals surface area (Å²) in [6.07, 6.45) is 2.34. The smallest absolute Gasteiger partial charge is 0.260 e. The third-order valence-corrected chi connectivity index (χ3v) is 4.13. The molecule has 3 rings (SSSR count). The monoisotopic (exact) mass is 394 g/mol. The van der Waals surface area contributed by atoms with Crippen molar-refractivity contribution in [1.82, 2.24) is 9.88 Å². The first kappa shape index (κ1) is 16.7. The highest BCUT2D eigenvalue weighted by Crippen LogP contribution is 2.19. The average molecular weight is 395 g/mol. The van der Waals surface area contributed by atoms with Crippen LogP contribution in [0.15, 0.2) is 47.1 Å². The van der Waals surface area contributed by atoms with E-state index in [1.54, 1.807) is 17.2 Å². The van der Waals surface area contributed by atoms with Gasteiger partial charge in [0.15, 0.2) is 6.61 Å². The van der Waals surface area contributed by atoms with E-state index in [9.17, 15) is 9.18 Å². The van der Waals surface area contributed by atoms with Crippen LogP contribution in [0.1, 0.15) is 6.42 Å². The predicted octanol–water partition coefficient (Wildman–Crippen LogP) is 3.04. The fraction of sp³-hybridized carbons (Fsp3) is 0.294. The van der Waals surface area contributed by atoms with Crippen LogP contribution in [0.25, 0.3) is 0 Å². The first-order valence-corrected chi connectivity index (χ1v) is 8.34. The molecule has 0 radical (unpaired) electrons. The summed E-state index contributed by atoms with van der Waals surface area (Å²) in [6.45, 7) is 1.05. The molecule has 1 saturated heterocycles. The number of likely N-dealkylation sites (tertiary alicyclic amines) is 1. The molecular formula is C17H16BrFN2O3. The van der Waals surface area contributed by atoms with Gasteiger partial charge in [-0.1, -0.05) is 0 Å². The van der Waals surface area contributed by atoms with Crippen LogP contribution >= 0.6 is 15.9 Å². The molecule has 0 saturated carbocycles. The van der Waals surface area contributed by atoms with Crippen LogP contribution in [0.5, 0.6) is 11.6 Å². The third-order valence-electron chi connectivity index (χ3n) is 3.66. The summed E-state index contributed by atoms with van der Waals surface area (Å²) in [5, 5.41) is 0. The second-order valence-electron chi connectivity index (χ2n) is 5.43. The van der Waals surface area contributed by atoms with Gasteiger partial charge in [0, 0.05) is 29.7 Å². The van der Waals surface area contributed by atoms with Gasteiger partial charge in [0.1, 0.15) is 17.7 Å². The van der Waals surface area contributed by atoms with E-state index in [2.05, 4.69) is 20.9 Å². The van der Waals surface area contributed by atoms with E-state index in [0.717, 1.165) is 10.9 Å². The van der Waals surface area contributed by atoms with Crippen molar-refractivity contribution in [2.45, 2.75) is 12.5 Å². The number of carbonyl (C=O) groups is 1. The summed E-state index contributed by atoms with van der Waals surface area (Å²) < 4.78 is 24.9. The summed E-state index contributed by atoms with van der Waals surface area (Å²) in [7, 11) is 0. The van der Waals surface area contributed by atoms with Crippen molar-refractivity contribution in [3.8, 4) is 11.6 Å². The van der Waals surface area contributed by atoms with Gasteiger partial charge in [0.2, 0.25) is 5.88 Å². The largest absolute Gasteiger partial charge is 0.484 e. The van der Waals surface area contributed by atoms with E-state index < -0.39 is 0 Å². The summed E-state index contributed by atoms with van der Waals surface area (Å²) in [5.74, 6) is 0.555. The second kappa shape index (κ2) is 7.61. The Hall–Kier alpha value is -2.15. The summed E-state index contributed by atoms with van der Waals surface area (Å²) in [4.78, 5) is 18.0. The van der Waals surface area contributed by atoms with Gasteiger partial charge in [-0.05, 0) is 46.3 Å². The number of aromatic nitrogens is 1. The normalized spacial score (nSPS) is 16.9. The van der Waals surface area contributed by atoms with Crippen molar-refractivity contribution in [3.63, 3.8) is 0 Å². The SMILES string of the molecule is O=C(COc1ccc(F)cc1)N1CC[C@H](Oc2ccc(Br)cn2)C1. The zero-order chi connectivity index (χ0) is 16.9. The quantitative estimate of drug-likeness (QED) is 0.781. The Morgan fingerprint density at radius 2 is 2.08 bits per heavy atom. The van der Waals surface area contributed by atoms with Crippen molar-refractivity contribution in [2.24, 2.45) is 0 Å². The van der Waals surface area contributed by atoms with Crippen molar-refractivity contribution in [3.05, 3.63) is 52.9 Å². The van der Waals surface area contributed by atoms with E-state index in [1.165, 1.54) is 24.3 Å². The predicted molar refractivity (Wildman–Crippen MR) is 89.4 cm³/mol. The molecule has 0 spiro atoms. The van der Waals surface area contributed by atoms with Gasteiger partial charge in [-0.25, -0.2) is 9.37 Å². The molecule has 0 unspecified atom stereocenters. The first-order valence-electron chi connectivity index (χ1n) is 7.54. The van der Waals surface area contributed by atoms with E-state index >= 15 is 0 Å². The molecule has 1 aromatic heterocycles. The molecule has 2 heterocycles. The Kier molecular flexibility index (Phi) is 5.30. The van der Waals surface area contributed by atoms with Gasteiger partial charge in [-0.2, -0.15) is 0 Å². The molecule has 1 aliphatic rings. The molecule has 1 amide bonds. The number of hydrogen-bond donors (Lipinski definition) is 0. The summed E-state index contributed by atoms with van der Waals surface area (Å²) in [6, 6.07) is 9.23. The number of rotatable bonds is 5. The fourth-order valence-corrected chi connectivity index (χ4v) is 2.66. The zero-order valence-electron chi connectivity index (χ0n) is 12.8. The highest BCUT2D eigenvalue weighted by molar-refractivity contribution is 9.10. The van der Waals surface area contributed by atoms with Gasteiger partial charge in [0.25, 0.3) is 5.91 Å². The molecule has 7 heteroatoms. The van der Waals surface area contributed by atoms with Gasteiger partial charge < -0.3 is 14.4 Å². The molecule has 24 heavy (non-hydrogen) atoms. The molecular weight excluding hydrogens is 379 g/mol. The Bertz CT molecular complexity index is 694. The lowest BCUT2D eigenvalue weighted by atomic mass is 10.3. The lowest BCUT2D eigenvalue weighted by Gasteiger charge is -2.17. The number of hydrogen-bond acceptors (Lipinski definition) is 4. The van der Waals surface area contributed by atoms with Crippen LogP contribution in [-0.2, 0) is 4.79 Å². The number of benzene rings is 1. The molecule has 0 aliphatic carbocycles. The topological polar surface area (TPSA) is 51.7 Å². The number of pyridine rings is 1. The van der Waals surface area contributed by atoms with Crippen molar-refractivity contribution < 1.29 is 18.7 Å². The van der Waals surface area contributed by atoms with Crippen LogP contribution in [0, 0.1) is 5.82 Å². The highest BCUT2D eigenvalue weighted by Gasteiger charge is 2.28. The fourth-order valence-electron chi connectivity index (χ4n) is 2.42. The van der Waals surface area contributed by atoms with Gasteiger partial charge in [-0.15, -0.1) is 0 Å². The summed E-state index contributed by atoms with van der Waals surface area (Å²) >= 11 is 3.32. The van der Waals surface area contributed by atoms with Gasteiger partial charge >= 0.3 is 0 Å². The molecule has 126 valence electrons. The van der Waals surface area contributed by atoms with Crippen LogP contribution in [0.3, 0.4) is 0 Å². The molecule has 2 aromatic rings. The molecule has 0 bridgehead atoms. The van der Waals surface area contributed by atoms with Crippen LogP contribution < -0.4 is 9.47 Å². The average Bonchev–Trinajstić information content (AvgIpc) is 3.05. The van der Waals surface area contributed by atoms with Crippen LogP contribution in [0.4, 0.5) is 4.39 Å². The van der Waals surface area contributed by atoms with E-state index in [4.69, 9.17) is 9.47 Å². The second-order valence-corrected chi connectivity index (χ2v) is 6.34. The van der Waals surface area contributed by atoms with Crippen molar-refractivity contribution in [2.75, 3.05) is 19.7 Å². The number of amides is 1. The van der Waals surface area contributed by atoms with Gasteiger partial charge in [0.05, 0.1) is 6.54 Å². The van der Waals surface area contributed by atoms with E-state index in [1.807, 2.05) is 6.07 Å². The lowest BCUT2D eigenvalue weighted by Crippen LogP contribution is -2.34. The molecule has 5 nitrogen and oxygen atoms in total. The number of nitrogens with zero attached hydrogens (tertiary/aromatic N) is 2. The molecule has 1 atom stereocenters. The minimum atomic E-state index is -0.338. The van der Waals surface area contributed by atoms with Gasteiger partial charge in [-0.3, -0.25) is 4.79 Å². The standard InChI is InChI=1S/C17H16BrFN2O3/c18-12-1-6-16(20-9-12)24-15-7-8-21(10-15)17(22)11-23-14-4-2-13(19)3-5-14/h1-6,9,15H,7-8,10-11H2/t15-/m0/s1.